The van der Waals surface area contributed by atoms with Gasteiger partial charge in [0.25, 0.3) is 0 Å². The van der Waals surface area contributed by atoms with Crippen molar-refractivity contribution in [3.8, 4) is 0 Å². The van der Waals surface area contributed by atoms with Gasteiger partial charge in [-0.05, 0) is 25.5 Å². The standard InChI is InChI=1S/C12H16N4S/c1-3-10-7-15-12(17-10)8(2)16-11-5-4-9(13)6-14-11/h4-8H,3,13H2,1-2H3,(H,14,16). The minimum atomic E-state index is 0.163. The first-order valence-electron chi connectivity index (χ1n) is 5.61. The maximum Gasteiger partial charge on any atom is 0.126 e. The number of nitrogen functional groups attached to an aromatic ring is 1. The van der Waals surface area contributed by atoms with E-state index >= 15 is 0 Å². The highest BCUT2D eigenvalue weighted by atomic mass is 32.1. The summed E-state index contributed by atoms with van der Waals surface area (Å²) in [5.41, 5.74) is 6.26. The number of nitrogens with two attached hydrogens (primary N) is 1. The third-order valence-corrected chi connectivity index (χ3v) is 3.77. The molecule has 0 fully saturated rings. The summed E-state index contributed by atoms with van der Waals surface area (Å²) >= 11 is 1.74. The molecule has 0 saturated heterocycles. The average Bonchev–Trinajstić information content (AvgIpc) is 2.81. The van der Waals surface area contributed by atoms with Gasteiger partial charge in [0.2, 0.25) is 0 Å². The smallest absolute Gasteiger partial charge is 0.126 e. The molecule has 2 rings (SSSR count). The fourth-order valence-corrected chi connectivity index (χ4v) is 2.32. The van der Waals surface area contributed by atoms with E-state index in [1.165, 1.54) is 4.88 Å². The van der Waals surface area contributed by atoms with Crippen LogP contribution in [0.2, 0.25) is 0 Å². The van der Waals surface area contributed by atoms with Crippen LogP contribution in [-0.2, 0) is 6.42 Å². The second kappa shape index (κ2) is 5.14. The molecule has 2 aromatic rings. The molecule has 1 atom stereocenters. The number of nitrogens with one attached hydrogen (secondary N) is 1. The molecule has 0 bridgehead atoms. The van der Waals surface area contributed by atoms with Gasteiger partial charge in [0.15, 0.2) is 0 Å². The molecule has 5 heteroatoms. The Balaban J connectivity index is 2.05. The van der Waals surface area contributed by atoms with E-state index in [2.05, 4.69) is 29.1 Å². The second-order valence-electron chi connectivity index (χ2n) is 3.86. The summed E-state index contributed by atoms with van der Waals surface area (Å²) in [6.07, 6.45) is 4.62. The lowest BCUT2D eigenvalue weighted by molar-refractivity contribution is 0.861. The summed E-state index contributed by atoms with van der Waals surface area (Å²) in [5.74, 6) is 0.819. The van der Waals surface area contributed by atoms with E-state index in [-0.39, 0.29) is 6.04 Å². The first-order chi connectivity index (χ1) is 8.19. The van der Waals surface area contributed by atoms with Crippen LogP contribution < -0.4 is 11.1 Å². The minimum Gasteiger partial charge on any atom is -0.397 e. The lowest BCUT2D eigenvalue weighted by Crippen LogP contribution is -2.07. The number of anilines is 2. The van der Waals surface area contributed by atoms with Crippen molar-refractivity contribution in [1.82, 2.24) is 9.97 Å². The summed E-state index contributed by atoms with van der Waals surface area (Å²) in [4.78, 5) is 9.92. The lowest BCUT2D eigenvalue weighted by atomic mass is 10.3. The summed E-state index contributed by atoms with van der Waals surface area (Å²) < 4.78 is 0. The van der Waals surface area contributed by atoms with Gasteiger partial charge in [0, 0.05) is 11.1 Å². The van der Waals surface area contributed by atoms with Crippen molar-refractivity contribution in [2.24, 2.45) is 0 Å². The molecule has 0 amide bonds. The number of pyridine rings is 1. The number of nitrogens with zero attached hydrogens (tertiary/aromatic N) is 2. The molecule has 4 nitrogen and oxygen atoms in total. The predicted octanol–water partition coefficient (Wildman–Crippen LogP) is 2.86. The van der Waals surface area contributed by atoms with E-state index in [4.69, 9.17) is 5.73 Å². The highest BCUT2D eigenvalue weighted by molar-refractivity contribution is 7.11. The zero-order valence-corrected chi connectivity index (χ0v) is 10.8. The fourth-order valence-electron chi connectivity index (χ4n) is 1.46. The van der Waals surface area contributed by atoms with Crippen LogP contribution >= 0.6 is 11.3 Å². The van der Waals surface area contributed by atoms with E-state index in [1.807, 2.05) is 18.3 Å². The van der Waals surface area contributed by atoms with E-state index in [1.54, 1.807) is 17.5 Å². The van der Waals surface area contributed by atoms with Crippen molar-refractivity contribution in [3.63, 3.8) is 0 Å². The topological polar surface area (TPSA) is 63.8 Å². The molecule has 0 aliphatic rings. The Bertz CT molecular complexity index is 478. The third kappa shape index (κ3) is 2.94. The Labute approximate surface area is 105 Å². The maximum atomic E-state index is 5.59. The summed E-state index contributed by atoms with van der Waals surface area (Å²) in [5, 5.41) is 4.39. The van der Waals surface area contributed by atoms with Crippen molar-refractivity contribution in [3.05, 3.63) is 34.4 Å². The number of hydrogen-bond donors (Lipinski definition) is 2. The Hall–Kier alpha value is -1.62. The molecule has 17 heavy (non-hydrogen) atoms. The molecule has 90 valence electrons. The van der Waals surface area contributed by atoms with Crippen molar-refractivity contribution in [2.45, 2.75) is 26.3 Å². The van der Waals surface area contributed by atoms with Crippen LogP contribution in [-0.4, -0.2) is 9.97 Å². The van der Waals surface area contributed by atoms with Crippen molar-refractivity contribution in [1.29, 1.82) is 0 Å². The Morgan fingerprint density at radius 1 is 1.35 bits per heavy atom. The van der Waals surface area contributed by atoms with Gasteiger partial charge < -0.3 is 11.1 Å². The van der Waals surface area contributed by atoms with Gasteiger partial charge in [-0.25, -0.2) is 9.97 Å². The van der Waals surface area contributed by atoms with Crippen LogP contribution in [0.25, 0.3) is 0 Å². The fraction of sp³-hybridized carbons (Fsp3) is 0.333. The second-order valence-corrected chi connectivity index (χ2v) is 5.01. The zero-order chi connectivity index (χ0) is 12.3. The summed E-state index contributed by atoms with van der Waals surface area (Å²) in [6.45, 7) is 4.22. The molecule has 0 aliphatic heterocycles. The molecule has 0 aromatic carbocycles. The molecule has 0 radical (unpaired) electrons. The number of thiazole rings is 1. The highest BCUT2D eigenvalue weighted by Crippen LogP contribution is 2.23. The normalized spacial score (nSPS) is 12.4. The van der Waals surface area contributed by atoms with Gasteiger partial charge in [-0.3, -0.25) is 0 Å². The van der Waals surface area contributed by atoms with Crippen molar-refractivity contribution < 1.29 is 0 Å². The van der Waals surface area contributed by atoms with Gasteiger partial charge in [-0.1, -0.05) is 6.92 Å². The van der Waals surface area contributed by atoms with Crippen LogP contribution in [0, 0.1) is 0 Å². The Kier molecular flexibility index (Phi) is 3.58. The van der Waals surface area contributed by atoms with Crippen molar-refractivity contribution in [2.75, 3.05) is 11.1 Å². The largest absolute Gasteiger partial charge is 0.397 e. The zero-order valence-electron chi connectivity index (χ0n) is 9.97. The average molecular weight is 248 g/mol. The molecule has 1 unspecified atom stereocenters. The minimum absolute atomic E-state index is 0.163. The highest BCUT2D eigenvalue weighted by Gasteiger charge is 2.10. The summed E-state index contributed by atoms with van der Waals surface area (Å²) in [6, 6.07) is 3.87. The molecular formula is C12H16N4S. The Morgan fingerprint density at radius 3 is 2.76 bits per heavy atom. The first-order valence-corrected chi connectivity index (χ1v) is 6.43. The lowest BCUT2D eigenvalue weighted by Gasteiger charge is -2.11. The van der Waals surface area contributed by atoms with E-state index < -0.39 is 0 Å². The van der Waals surface area contributed by atoms with Crippen LogP contribution in [0.3, 0.4) is 0 Å². The predicted molar refractivity (Wildman–Crippen MR) is 72.2 cm³/mol. The van der Waals surface area contributed by atoms with Gasteiger partial charge in [-0.2, -0.15) is 0 Å². The van der Waals surface area contributed by atoms with Gasteiger partial charge in [0.1, 0.15) is 10.8 Å². The van der Waals surface area contributed by atoms with E-state index in [9.17, 15) is 0 Å². The van der Waals surface area contributed by atoms with Crippen LogP contribution in [0.1, 0.15) is 29.8 Å². The monoisotopic (exact) mass is 248 g/mol. The van der Waals surface area contributed by atoms with Gasteiger partial charge in [-0.15, -0.1) is 11.3 Å². The first kappa shape index (κ1) is 11.9. The molecule has 0 spiro atoms. The Morgan fingerprint density at radius 2 is 2.18 bits per heavy atom. The van der Waals surface area contributed by atoms with Crippen LogP contribution in [0.4, 0.5) is 11.5 Å². The molecule has 2 aromatic heterocycles. The third-order valence-electron chi connectivity index (χ3n) is 2.44. The molecule has 2 heterocycles. The number of aromatic nitrogens is 2. The maximum absolute atomic E-state index is 5.59. The van der Waals surface area contributed by atoms with Crippen molar-refractivity contribution >= 4 is 22.8 Å². The molecular weight excluding hydrogens is 232 g/mol. The number of aryl methyl sites for hydroxylation is 1. The number of hydrogen-bond acceptors (Lipinski definition) is 5. The van der Waals surface area contributed by atoms with E-state index in [0.29, 0.717) is 5.69 Å². The molecule has 0 saturated carbocycles. The van der Waals surface area contributed by atoms with Gasteiger partial charge >= 0.3 is 0 Å². The molecule has 0 aliphatic carbocycles. The summed E-state index contributed by atoms with van der Waals surface area (Å²) in [7, 11) is 0. The van der Waals surface area contributed by atoms with E-state index in [0.717, 1.165) is 17.2 Å². The quantitative estimate of drug-likeness (QED) is 0.873. The molecule has 3 N–H and O–H groups in total. The number of rotatable bonds is 4. The SMILES string of the molecule is CCc1cnc(C(C)Nc2ccc(N)cn2)s1. The van der Waals surface area contributed by atoms with Gasteiger partial charge in [0.05, 0.1) is 17.9 Å². The van der Waals surface area contributed by atoms with Crippen LogP contribution in [0.15, 0.2) is 24.5 Å². The van der Waals surface area contributed by atoms with Crippen LogP contribution in [0.5, 0.6) is 0 Å².